The maximum Gasteiger partial charge on any atom is 0.251 e. The largest absolute Gasteiger partial charge is 0.390 e. The second-order valence-electron chi connectivity index (χ2n) is 6.34. The van der Waals surface area contributed by atoms with E-state index in [1.165, 1.54) is 0 Å². The Morgan fingerprint density at radius 2 is 1.88 bits per heavy atom. The van der Waals surface area contributed by atoms with Crippen LogP contribution < -0.4 is 5.56 Å². The molecule has 0 aliphatic carbocycles. The number of para-hydroxylation sites is 1. The van der Waals surface area contributed by atoms with Crippen LogP contribution in [-0.2, 0) is 11.2 Å². The molecule has 0 saturated carbocycles. The number of pyridine rings is 1. The van der Waals surface area contributed by atoms with Crippen molar-refractivity contribution in [3.8, 4) is 0 Å². The van der Waals surface area contributed by atoms with Crippen LogP contribution >= 0.6 is 0 Å². The Morgan fingerprint density at radius 1 is 1.08 bits per heavy atom. The zero-order valence-electron chi connectivity index (χ0n) is 13.2. The molecule has 2 N–H and O–H groups in total. The van der Waals surface area contributed by atoms with Gasteiger partial charge < -0.3 is 14.8 Å². The van der Waals surface area contributed by atoms with Crippen LogP contribution in [0.15, 0.2) is 59.4 Å². The Hall–Kier alpha value is -2.43. The first kappa shape index (κ1) is 15.1. The van der Waals surface area contributed by atoms with E-state index in [0.717, 1.165) is 27.6 Å². The molecular weight excluding hydrogens is 302 g/mol. The van der Waals surface area contributed by atoms with Gasteiger partial charge in [0.15, 0.2) is 0 Å². The van der Waals surface area contributed by atoms with Crippen molar-refractivity contribution in [2.24, 2.45) is 0 Å². The van der Waals surface area contributed by atoms with Gasteiger partial charge in [0.1, 0.15) is 0 Å². The third kappa shape index (κ3) is 2.86. The predicted molar refractivity (Wildman–Crippen MR) is 93.4 cm³/mol. The number of hydrogen-bond donors (Lipinski definition) is 2. The Morgan fingerprint density at radius 3 is 2.62 bits per heavy atom. The van der Waals surface area contributed by atoms with Crippen LogP contribution in [0, 0.1) is 0 Å². The monoisotopic (exact) mass is 321 g/mol. The lowest BCUT2D eigenvalue weighted by molar-refractivity contribution is 0.124. The maximum atomic E-state index is 12.3. The van der Waals surface area contributed by atoms with Crippen LogP contribution in [0.4, 0.5) is 0 Å². The summed E-state index contributed by atoms with van der Waals surface area (Å²) in [6.07, 6.45) is 0.156. The van der Waals surface area contributed by atoms with Crippen molar-refractivity contribution < 1.29 is 9.84 Å². The van der Waals surface area contributed by atoms with Crippen molar-refractivity contribution in [3.63, 3.8) is 0 Å². The zero-order chi connectivity index (χ0) is 16.5. The standard InChI is InChI=1S/C20H19NO3/c22-19-12-24-11-17(19)14-7-5-13(6-8-14)9-16-10-15-3-1-2-4-18(15)21-20(16)23/h1-8,10,17,19,22H,9,11-12H2,(H,21,23)/t17-,19+/m1/s1. The molecule has 0 radical (unpaired) electrons. The molecule has 1 aliphatic rings. The van der Waals surface area contributed by atoms with Crippen LogP contribution in [0.2, 0.25) is 0 Å². The lowest BCUT2D eigenvalue weighted by atomic mass is 9.94. The first-order valence-electron chi connectivity index (χ1n) is 8.16. The van der Waals surface area contributed by atoms with Gasteiger partial charge in [-0.2, -0.15) is 0 Å². The third-order valence-corrected chi connectivity index (χ3v) is 4.68. The summed E-state index contributed by atoms with van der Waals surface area (Å²) in [7, 11) is 0. The van der Waals surface area contributed by atoms with Crippen LogP contribution in [0.3, 0.4) is 0 Å². The Bertz CT molecular complexity index is 914. The Kier molecular flexibility index (Phi) is 3.92. The number of hydrogen-bond acceptors (Lipinski definition) is 3. The molecule has 1 saturated heterocycles. The van der Waals surface area contributed by atoms with Gasteiger partial charge >= 0.3 is 0 Å². The van der Waals surface area contributed by atoms with Crippen molar-refractivity contribution in [1.29, 1.82) is 0 Å². The van der Waals surface area contributed by atoms with Gasteiger partial charge in [0.05, 0.1) is 19.3 Å². The fourth-order valence-corrected chi connectivity index (χ4v) is 3.29. The van der Waals surface area contributed by atoms with Gasteiger partial charge in [-0.05, 0) is 28.6 Å². The number of H-pyrrole nitrogens is 1. The number of aromatic nitrogens is 1. The summed E-state index contributed by atoms with van der Waals surface area (Å²) >= 11 is 0. The molecular formula is C20H19NO3. The van der Waals surface area contributed by atoms with E-state index in [-0.39, 0.29) is 11.5 Å². The van der Waals surface area contributed by atoms with E-state index in [4.69, 9.17) is 4.74 Å². The van der Waals surface area contributed by atoms with Gasteiger partial charge in [0.25, 0.3) is 5.56 Å². The molecule has 2 heterocycles. The molecule has 1 aliphatic heterocycles. The number of aromatic amines is 1. The molecule has 2 atom stereocenters. The van der Waals surface area contributed by atoms with E-state index in [2.05, 4.69) is 4.98 Å². The van der Waals surface area contributed by atoms with E-state index in [0.29, 0.717) is 19.6 Å². The molecule has 3 aromatic rings. The van der Waals surface area contributed by atoms with Crippen molar-refractivity contribution >= 4 is 10.9 Å². The number of ether oxygens (including phenoxy) is 1. The summed E-state index contributed by atoms with van der Waals surface area (Å²) in [5.41, 5.74) is 3.73. The number of aliphatic hydroxyl groups excluding tert-OH is 1. The third-order valence-electron chi connectivity index (χ3n) is 4.68. The van der Waals surface area contributed by atoms with Gasteiger partial charge in [0, 0.05) is 23.4 Å². The molecule has 0 bridgehead atoms. The minimum atomic E-state index is -0.431. The summed E-state index contributed by atoms with van der Waals surface area (Å²) in [5, 5.41) is 11.0. The number of fused-ring (bicyclic) bond motifs is 1. The van der Waals surface area contributed by atoms with Gasteiger partial charge in [-0.3, -0.25) is 4.79 Å². The van der Waals surface area contributed by atoms with Crippen molar-refractivity contribution in [1.82, 2.24) is 4.98 Å². The Labute approximate surface area is 139 Å². The van der Waals surface area contributed by atoms with Crippen molar-refractivity contribution in [2.45, 2.75) is 18.4 Å². The summed E-state index contributed by atoms with van der Waals surface area (Å²) < 4.78 is 5.31. The normalized spacial score (nSPS) is 20.5. The van der Waals surface area contributed by atoms with Crippen LogP contribution in [0.5, 0.6) is 0 Å². The van der Waals surface area contributed by atoms with Gasteiger partial charge in [0.2, 0.25) is 0 Å². The lowest BCUT2D eigenvalue weighted by Gasteiger charge is -2.13. The molecule has 4 heteroatoms. The molecule has 1 fully saturated rings. The summed E-state index contributed by atoms with van der Waals surface area (Å²) in [4.78, 5) is 15.2. The lowest BCUT2D eigenvalue weighted by Crippen LogP contribution is -2.15. The SMILES string of the molecule is O=c1[nH]c2ccccc2cc1Cc1ccc([C@H]2COC[C@@H]2O)cc1. The average Bonchev–Trinajstić information content (AvgIpc) is 3.02. The molecule has 0 unspecified atom stereocenters. The smallest absolute Gasteiger partial charge is 0.251 e. The van der Waals surface area contributed by atoms with Gasteiger partial charge in [-0.25, -0.2) is 0 Å². The molecule has 24 heavy (non-hydrogen) atoms. The molecule has 4 rings (SSSR count). The average molecular weight is 321 g/mol. The minimum Gasteiger partial charge on any atom is -0.390 e. The summed E-state index contributed by atoms with van der Waals surface area (Å²) in [5.74, 6) is 0.0446. The highest BCUT2D eigenvalue weighted by Crippen LogP contribution is 2.26. The quantitative estimate of drug-likeness (QED) is 0.779. The van der Waals surface area contributed by atoms with Crippen LogP contribution in [0.25, 0.3) is 10.9 Å². The second kappa shape index (κ2) is 6.23. The van der Waals surface area contributed by atoms with E-state index in [9.17, 15) is 9.90 Å². The van der Waals surface area contributed by atoms with Crippen LogP contribution in [-0.4, -0.2) is 29.4 Å². The van der Waals surface area contributed by atoms with E-state index < -0.39 is 6.10 Å². The molecule has 0 amide bonds. The number of nitrogens with one attached hydrogen (secondary N) is 1. The van der Waals surface area contributed by atoms with E-state index >= 15 is 0 Å². The highest BCUT2D eigenvalue weighted by atomic mass is 16.5. The maximum absolute atomic E-state index is 12.3. The molecule has 1 aromatic heterocycles. The van der Waals surface area contributed by atoms with E-state index in [1.54, 1.807) is 0 Å². The topological polar surface area (TPSA) is 62.3 Å². The highest BCUT2D eigenvalue weighted by Gasteiger charge is 2.27. The predicted octanol–water partition coefficient (Wildman–Crippen LogP) is 2.59. The molecule has 4 nitrogen and oxygen atoms in total. The molecule has 122 valence electrons. The fraction of sp³-hybridized carbons (Fsp3) is 0.250. The summed E-state index contributed by atoms with van der Waals surface area (Å²) in [6.45, 7) is 0.962. The minimum absolute atomic E-state index is 0.0441. The number of rotatable bonds is 3. The van der Waals surface area contributed by atoms with Crippen molar-refractivity contribution in [3.05, 3.63) is 81.6 Å². The van der Waals surface area contributed by atoms with Gasteiger partial charge in [-0.1, -0.05) is 42.5 Å². The highest BCUT2D eigenvalue weighted by molar-refractivity contribution is 5.78. The first-order chi connectivity index (χ1) is 11.7. The zero-order valence-corrected chi connectivity index (χ0v) is 13.2. The van der Waals surface area contributed by atoms with Crippen LogP contribution in [0.1, 0.15) is 22.6 Å². The fourth-order valence-electron chi connectivity index (χ4n) is 3.29. The first-order valence-corrected chi connectivity index (χ1v) is 8.16. The van der Waals surface area contributed by atoms with Crippen molar-refractivity contribution in [2.75, 3.05) is 13.2 Å². The molecule has 2 aromatic carbocycles. The summed E-state index contributed by atoms with van der Waals surface area (Å²) in [6, 6.07) is 17.8. The van der Waals surface area contributed by atoms with Gasteiger partial charge in [-0.15, -0.1) is 0 Å². The number of aliphatic hydroxyl groups is 1. The number of benzene rings is 2. The molecule has 0 spiro atoms. The Balaban J connectivity index is 1.59. The second-order valence-corrected chi connectivity index (χ2v) is 6.34. The van der Waals surface area contributed by atoms with E-state index in [1.807, 2.05) is 54.6 Å².